The van der Waals surface area contributed by atoms with E-state index in [-0.39, 0.29) is 6.04 Å². The summed E-state index contributed by atoms with van der Waals surface area (Å²) >= 11 is 1.67. The average molecular weight is 248 g/mol. The quantitative estimate of drug-likeness (QED) is 0.335. The number of hydrogen-bond donors (Lipinski definition) is 2. The molecule has 2 nitrogen and oxygen atoms in total. The molecule has 92 valence electrons. The predicted molar refractivity (Wildman–Crippen MR) is 77.8 cm³/mol. The van der Waals surface area contributed by atoms with Crippen molar-refractivity contribution in [3.05, 3.63) is 60.2 Å². The second-order valence-corrected chi connectivity index (χ2v) is 4.41. The highest BCUT2D eigenvalue weighted by molar-refractivity contribution is 7.97. The molecule has 1 aromatic carbocycles. The smallest absolute Gasteiger partial charge is 0.0668 e. The molecule has 0 spiro atoms. The first-order valence-corrected chi connectivity index (χ1v) is 6.67. The number of hydrogen-bond acceptors (Lipinski definition) is 3. The topological polar surface area (TPSA) is 24.1 Å². The molecule has 0 heterocycles. The highest BCUT2D eigenvalue weighted by Crippen LogP contribution is 2.24. The number of nitrogens with one attached hydrogen (secondary N) is 2. The Bertz CT molecular complexity index is 360. The van der Waals surface area contributed by atoms with E-state index in [0.717, 1.165) is 5.88 Å². The molecule has 0 aliphatic rings. The van der Waals surface area contributed by atoms with Gasteiger partial charge in [0.15, 0.2) is 0 Å². The molecule has 0 amide bonds. The van der Waals surface area contributed by atoms with Crippen molar-refractivity contribution < 1.29 is 0 Å². The van der Waals surface area contributed by atoms with E-state index in [2.05, 4.69) is 47.0 Å². The van der Waals surface area contributed by atoms with Gasteiger partial charge in [0.1, 0.15) is 0 Å². The molecule has 1 unspecified atom stereocenters. The van der Waals surface area contributed by atoms with Crippen LogP contribution in [-0.2, 0) is 0 Å². The van der Waals surface area contributed by atoms with Gasteiger partial charge in [0.2, 0.25) is 0 Å². The third-order valence-corrected chi connectivity index (χ3v) is 3.29. The zero-order valence-corrected chi connectivity index (χ0v) is 11.3. The Labute approximate surface area is 108 Å². The first-order valence-electron chi connectivity index (χ1n) is 5.69. The van der Waals surface area contributed by atoms with Crippen molar-refractivity contribution in [2.75, 3.05) is 12.9 Å². The van der Waals surface area contributed by atoms with Gasteiger partial charge in [0.25, 0.3) is 0 Å². The van der Waals surface area contributed by atoms with E-state index in [1.54, 1.807) is 11.9 Å². The van der Waals surface area contributed by atoms with Gasteiger partial charge >= 0.3 is 0 Å². The van der Waals surface area contributed by atoms with Gasteiger partial charge in [-0.15, -0.1) is 0 Å². The molecular formula is C14H20N2S. The summed E-state index contributed by atoms with van der Waals surface area (Å²) < 4.78 is 3.45. The maximum Gasteiger partial charge on any atom is 0.0668 e. The van der Waals surface area contributed by atoms with Gasteiger partial charge in [-0.3, -0.25) is 4.72 Å². The van der Waals surface area contributed by atoms with Crippen LogP contribution in [0.1, 0.15) is 18.5 Å². The van der Waals surface area contributed by atoms with Crippen LogP contribution < -0.4 is 10.0 Å². The molecule has 17 heavy (non-hydrogen) atoms. The van der Waals surface area contributed by atoms with E-state index in [4.69, 9.17) is 0 Å². The standard InChI is InChI=1S/C14H20N2S/c1-4-12(5-2)14(16-17-11-15-3)13-9-7-6-8-10-13/h4-10,14-16H,1,11H2,2-3H3/b12-5+. The van der Waals surface area contributed by atoms with Crippen molar-refractivity contribution >= 4 is 11.9 Å². The van der Waals surface area contributed by atoms with Gasteiger partial charge in [-0.1, -0.05) is 61.0 Å². The van der Waals surface area contributed by atoms with Crippen LogP contribution in [0.25, 0.3) is 0 Å². The Morgan fingerprint density at radius 1 is 1.41 bits per heavy atom. The maximum absolute atomic E-state index is 3.87. The van der Waals surface area contributed by atoms with Crippen molar-refractivity contribution in [3.63, 3.8) is 0 Å². The third kappa shape index (κ3) is 4.38. The number of allylic oxidation sites excluding steroid dienone is 1. The van der Waals surface area contributed by atoms with Crippen molar-refractivity contribution in [1.82, 2.24) is 10.0 Å². The summed E-state index contributed by atoms with van der Waals surface area (Å²) in [5, 5.41) is 3.10. The summed E-state index contributed by atoms with van der Waals surface area (Å²) in [6.45, 7) is 5.91. The van der Waals surface area contributed by atoms with Crippen LogP contribution in [0.15, 0.2) is 54.6 Å². The Hall–Kier alpha value is -1.03. The van der Waals surface area contributed by atoms with Crippen molar-refractivity contribution in [1.29, 1.82) is 0 Å². The Morgan fingerprint density at radius 2 is 2.12 bits per heavy atom. The third-order valence-electron chi connectivity index (χ3n) is 2.45. The van der Waals surface area contributed by atoms with E-state index in [9.17, 15) is 0 Å². The molecule has 1 atom stereocenters. The number of benzene rings is 1. The molecule has 2 N–H and O–H groups in total. The lowest BCUT2D eigenvalue weighted by molar-refractivity contribution is 0.796. The molecule has 0 radical (unpaired) electrons. The highest BCUT2D eigenvalue weighted by Gasteiger charge is 2.12. The highest BCUT2D eigenvalue weighted by atomic mass is 32.2. The first-order chi connectivity index (χ1) is 8.33. The fourth-order valence-corrected chi connectivity index (χ4v) is 2.24. The summed E-state index contributed by atoms with van der Waals surface area (Å²) in [5.74, 6) is 0.872. The Balaban J connectivity index is 2.82. The molecule has 0 aliphatic heterocycles. The molecular weight excluding hydrogens is 228 g/mol. The summed E-state index contributed by atoms with van der Waals surface area (Å²) in [4.78, 5) is 0. The second-order valence-electron chi connectivity index (χ2n) is 3.60. The first kappa shape index (κ1) is 14.0. The summed E-state index contributed by atoms with van der Waals surface area (Å²) in [7, 11) is 1.94. The average Bonchev–Trinajstić information content (AvgIpc) is 2.39. The van der Waals surface area contributed by atoms with Crippen LogP contribution in [0.4, 0.5) is 0 Å². The molecule has 0 saturated carbocycles. The molecule has 0 saturated heterocycles. The predicted octanol–water partition coefficient (Wildman–Crippen LogP) is 3.27. The Morgan fingerprint density at radius 3 is 2.65 bits per heavy atom. The SMILES string of the molecule is C=C/C(=C\C)C(NSCNC)c1ccccc1. The van der Waals surface area contributed by atoms with Gasteiger partial charge < -0.3 is 5.32 Å². The van der Waals surface area contributed by atoms with Crippen molar-refractivity contribution in [2.45, 2.75) is 13.0 Å². The fourth-order valence-electron chi connectivity index (χ4n) is 1.57. The molecule has 1 rings (SSSR count). The van der Waals surface area contributed by atoms with Gasteiger partial charge in [0, 0.05) is 0 Å². The summed E-state index contributed by atoms with van der Waals surface area (Å²) in [6, 6.07) is 10.6. The Kier molecular flexibility index (Phi) is 6.70. The van der Waals surface area contributed by atoms with Gasteiger partial charge in [-0.2, -0.15) is 0 Å². The minimum atomic E-state index is 0.192. The van der Waals surface area contributed by atoms with Crippen LogP contribution in [0.2, 0.25) is 0 Å². The van der Waals surface area contributed by atoms with Gasteiger partial charge in [-0.25, -0.2) is 0 Å². The second kappa shape index (κ2) is 8.12. The molecule has 0 fully saturated rings. The largest absolute Gasteiger partial charge is 0.310 e. The minimum absolute atomic E-state index is 0.192. The monoisotopic (exact) mass is 248 g/mol. The van der Waals surface area contributed by atoms with Crippen LogP contribution >= 0.6 is 11.9 Å². The van der Waals surface area contributed by atoms with E-state index < -0.39 is 0 Å². The summed E-state index contributed by atoms with van der Waals surface area (Å²) in [6.07, 6.45) is 4.00. The number of rotatable bonds is 7. The van der Waals surface area contributed by atoms with Crippen molar-refractivity contribution in [2.24, 2.45) is 0 Å². The maximum atomic E-state index is 3.87. The van der Waals surface area contributed by atoms with E-state index in [1.807, 2.05) is 26.1 Å². The molecule has 3 heteroatoms. The van der Waals surface area contributed by atoms with Crippen LogP contribution in [0, 0.1) is 0 Å². The van der Waals surface area contributed by atoms with E-state index in [1.165, 1.54) is 11.1 Å². The normalized spacial score (nSPS) is 13.4. The lowest BCUT2D eigenvalue weighted by Gasteiger charge is -2.19. The van der Waals surface area contributed by atoms with Gasteiger partial charge in [-0.05, 0) is 25.1 Å². The zero-order valence-electron chi connectivity index (χ0n) is 10.4. The molecule has 0 aromatic heterocycles. The van der Waals surface area contributed by atoms with Crippen LogP contribution in [0.3, 0.4) is 0 Å². The van der Waals surface area contributed by atoms with Crippen LogP contribution in [-0.4, -0.2) is 12.9 Å². The molecule has 0 aliphatic carbocycles. The van der Waals surface area contributed by atoms with Crippen molar-refractivity contribution in [3.8, 4) is 0 Å². The lowest BCUT2D eigenvalue weighted by Crippen LogP contribution is -2.19. The molecule has 1 aromatic rings. The lowest BCUT2D eigenvalue weighted by atomic mass is 10.00. The summed E-state index contributed by atoms with van der Waals surface area (Å²) in [5.41, 5.74) is 2.45. The zero-order chi connectivity index (χ0) is 12.5. The van der Waals surface area contributed by atoms with Crippen LogP contribution in [0.5, 0.6) is 0 Å². The van der Waals surface area contributed by atoms with E-state index in [0.29, 0.717) is 0 Å². The minimum Gasteiger partial charge on any atom is -0.310 e. The molecule has 0 bridgehead atoms. The van der Waals surface area contributed by atoms with E-state index >= 15 is 0 Å². The fraction of sp³-hybridized carbons (Fsp3) is 0.286. The van der Waals surface area contributed by atoms with Gasteiger partial charge in [0.05, 0.1) is 11.9 Å².